The Labute approximate surface area is 96.8 Å². The van der Waals surface area contributed by atoms with E-state index in [2.05, 4.69) is 19.2 Å². The van der Waals surface area contributed by atoms with Gasteiger partial charge in [0.15, 0.2) is 0 Å². The Hall–Kier alpha value is -1.51. The largest absolute Gasteiger partial charge is 0.496 e. The Kier molecular flexibility index (Phi) is 4.35. The van der Waals surface area contributed by atoms with Crippen LogP contribution in [0.2, 0.25) is 0 Å². The van der Waals surface area contributed by atoms with Crippen LogP contribution in [0.4, 0.5) is 0 Å². The number of benzene rings is 1. The van der Waals surface area contributed by atoms with E-state index in [0.717, 1.165) is 0 Å². The van der Waals surface area contributed by atoms with Gasteiger partial charge < -0.3 is 10.1 Å². The minimum Gasteiger partial charge on any atom is -0.496 e. The summed E-state index contributed by atoms with van der Waals surface area (Å²) in [5.74, 6) is 0.938. The van der Waals surface area contributed by atoms with E-state index < -0.39 is 0 Å². The molecule has 0 radical (unpaired) electrons. The van der Waals surface area contributed by atoms with Crippen LogP contribution in [0.3, 0.4) is 0 Å². The number of amides is 1. The van der Waals surface area contributed by atoms with Crippen molar-refractivity contribution >= 4 is 5.91 Å². The lowest BCUT2D eigenvalue weighted by atomic mass is 10.1. The molecule has 1 atom stereocenters. The van der Waals surface area contributed by atoms with Gasteiger partial charge in [-0.3, -0.25) is 4.79 Å². The summed E-state index contributed by atoms with van der Waals surface area (Å²) < 4.78 is 5.15. The van der Waals surface area contributed by atoms with Gasteiger partial charge in [-0.25, -0.2) is 0 Å². The SMILES string of the molecule is COc1ccccc1C(=O)NC(C)C(C)C. The molecule has 0 aliphatic heterocycles. The average molecular weight is 221 g/mol. The lowest BCUT2D eigenvalue weighted by Gasteiger charge is -2.18. The molecule has 1 rings (SSSR count). The summed E-state index contributed by atoms with van der Waals surface area (Å²) in [5, 5.41) is 2.95. The van der Waals surface area contributed by atoms with Crippen LogP contribution >= 0.6 is 0 Å². The van der Waals surface area contributed by atoms with Crippen molar-refractivity contribution in [1.29, 1.82) is 0 Å². The molecule has 0 spiro atoms. The van der Waals surface area contributed by atoms with Crippen molar-refractivity contribution in [1.82, 2.24) is 5.32 Å². The van der Waals surface area contributed by atoms with Crippen LogP contribution in [0.1, 0.15) is 31.1 Å². The second-order valence-corrected chi connectivity index (χ2v) is 4.21. The third kappa shape index (κ3) is 2.99. The van der Waals surface area contributed by atoms with Crippen LogP contribution < -0.4 is 10.1 Å². The predicted octanol–water partition coefficient (Wildman–Crippen LogP) is 2.47. The van der Waals surface area contributed by atoms with Crippen molar-refractivity contribution in [2.75, 3.05) is 7.11 Å². The second-order valence-electron chi connectivity index (χ2n) is 4.21. The van der Waals surface area contributed by atoms with E-state index in [0.29, 0.717) is 17.2 Å². The Morgan fingerprint density at radius 3 is 2.44 bits per heavy atom. The highest BCUT2D eigenvalue weighted by molar-refractivity contribution is 5.97. The van der Waals surface area contributed by atoms with Gasteiger partial charge in [0.25, 0.3) is 5.91 Å². The highest BCUT2D eigenvalue weighted by Gasteiger charge is 2.15. The first-order chi connectivity index (χ1) is 7.56. The van der Waals surface area contributed by atoms with Gasteiger partial charge in [0.2, 0.25) is 0 Å². The van der Waals surface area contributed by atoms with E-state index in [4.69, 9.17) is 4.74 Å². The highest BCUT2D eigenvalue weighted by Crippen LogP contribution is 2.17. The number of hydrogen-bond acceptors (Lipinski definition) is 2. The Balaban J connectivity index is 2.80. The molecule has 3 heteroatoms. The van der Waals surface area contributed by atoms with E-state index in [9.17, 15) is 4.79 Å². The predicted molar refractivity (Wildman–Crippen MR) is 64.8 cm³/mol. The molecule has 1 N–H and O–H groups in total. The summed E-state index contributed by atoms with van der Waals surface area (Å²) in [6.45, 7) is 6.15. The van der Waals surface area contributed by atoms with Crippen molar-refractivity contribution in [3.63, 3.8) is 0 Å². The minimum atomic E-state index is -0.0846. The fourth-order valence-electron chi connectivity index (χ4n) is 1.28. The molecule has 0 aromatic heterocycles. The fraction of sp³-hybridized carbons (Fsp3) is 0.462. The summed E-state index contributed by atoms with van der Waals surface area (Å²) in [7, 11) is 1.57. The molecule has 0 aliphatic carbocycles. The van der Waals surface area contributed by atoms with E-state index >= 15 is 0 Å². The zero-order valence-corrected chi connectivity index (χ0v) is 10.3. The lowest BCUT2D eigenvalue weighted by Crippen LogP contribution is -2.36. The van der Waals surface area contributed by atoms with Gasteiger partial charge in [-0.1, -0.05) is 26.0 Å². The standard InChI is InChI=1S/C13H19NO2/c1-9(2)10(3)14-13(15)11-7-5-6-8-12(11)16-4/h5-10H,1-4H3,(H,14,15). The maximum Gasteiger partial charge on any atom is 0.255 e. The molecule has 1 amide bonds. The van der Waals surface area contributed by atoms with Crippen LogP contribution in [-0.4, -0.2) is 19.1 Å². The molecule has 0 bridgehead atoms. The van der Waals surface area contributed by atoms with Crippen molar-refractivity contribution in [2.45, 2.75) is 26.8 Å². The van der Waals surface area contributed by atoms with Crippen molar-refractivity contribution in [3.05, 3.63) is 29.8 Å². The van der Waals surface area contributed by atoms with Gasteiger partial charge in [-0.2, -0.15) is 0 Å². The molecule has 0 saturated heterocycles. The van der Waals surface area contributed by atoms with Gasteiger partial charge in [-0.05, 0) is 25.0 Å². The monoisotopic (exact) mass is 221 g/mol. The van der Waals surface area contributed by atoms with Crippen molar-refractivity contribution in [3.8, 4) is 5.75 Å². The van der Waals surface area contributed by atoms with Gasteiger partial charge in [0.05, 0.1) is 12.7 Å². The molecule has 1 aromatic carbocycles. The first-order valence-corrected chi connectivity index (χ1v) is 5.50. The van der Waals surface area contributed by atoms with Crippen LogP contribution in [-0.2, 0) is 0 Å². The summed E-state index contributed by atoms with van der Waals surface area (Å²) >= 11 is 0. The molecule has 1 unspecified atom stereocenters. The summed E-state index contributed by atoms with van der Waals surface area (Å²) in [5.41, 5.74) is 0.581. The molecular weight excluding hydrogens is 202 g/mol. The maximum atomic E-state index is 11.9. The van der Waals surface area contributed by atoms with Crippen LogP contribution in [0.5, 0.6) is 5.75 Å². The number of methoxy groups -OCH3 is 1. The zero-order valence-electron chi connectivity index (χ0n) is 10.3. The Morgan fingerprint density at radius 1 is 1.25 bits per heavy atom. The molecule has 0 fully saturated rings. The van der Waals surface area contributed by atoms with Gasteiger partial charge >= 0.3 is 0 Å². The van der Waals surface area contributed by atoms with E-state index in [-0.39, 0.29) is 11.9 Å². The summed E-state index contributed by atoms with van der Waals surface area (Å²) in [4.78, 5) is 11.9. The van der Waals surface area contributed by atoms with Gasteiger partial charge in [-0.15, -0.1) is 0 Å². The quantitative estimate of drug-likeness (QED) is 0.848. The lowest BCUT2D eigenvalue weighted by molar-refractivity contribution is 0.0927. The number of ether oxygens (including phenoxy) is 1. The average Bonchev–Trinajstić information content (AvgIpc) is 2.28. The molecule has 1 aromatic rings. The second kappa shape index (κ2) is 5.54. The van der Waals surface area contributed by atoms with Gasteiger partial charge in [0, 0.05) is 6.04 Å². The summed E-state index contributed by atoms with van der Waals surface area (Å²) in [6.07, 6.45) is 0. The molecule has 0 saturated carbocycles. The number of hydrogen-bond donors (Lipinski definition) is 1. The van der Waals surface area contributed by atoms with Crippen molar-refractivity contribution < 1.29 is 9.53 Å². The third-order valence-electron chi connectivity index (χ3n) is 2.71. The minimum absolute atomic E-state index is 0.0846. The van der Waals surface area contributed by atoms with Crippen molar-refractivity contribution in [2.24, 2.45) is 5.92 Å². The Morgan fingerprint density at radius 2 is 1.88 bits per heavy atom. The number of para-hydroxylation sites is 1. The smallest absolute Gasteiger partial charge is 0.255 e. The molecule has 0 aliphatic rings. The molecule has 0 heterocycles. The molecule has 16 heavy (non-hydrogen) atoms. The summed E-state index contributed by atoms with van der Waals surface area (Å²) in [6, 6.07) is 7.38. The van der Waals surface area contributed by atoms with E-state index in [1.807, 2.05) is 19.1 Å². The molecule has 3 nitrogen and oxygen atoms in total. The van der Waals surface area contributed by atoms with Gasteiger partial charge in [0.1, 0.15) is 5.75 Å². The maximum absolute atomic E-state index is 11.9. The normalized spacial score (nSPS) is 12.3. The first-order valence-electron chi connectivity index (χ1n) is 5.50. The molecule has 88 valence electrons. The fourth-order valence-corrected chi connectivity index (χ4v) is 1.28. The Bertz CT molecular complexity index is 361. The topological polar surface area (TPSA) is 38.3 Å². The number of rotatable bonds is 4. The number of carbonyl (C=O) groups excluding carboxylic acids is 1. The first kappa shape index (κ1) is 12.6. The van der Waals surface area contributed by atoms with E-state index in [1.54, 1.807) is 19.2 Å². The number of carbonyl (C=O) groups is 1. The van der Waals surface area contributed by atoms with Crippen LogP contribution in [0.15, 0.2) is 24.3 Å². The van der Waals surface area contributed by atoms with E-state index in [1.165, 1.54) is 0 Å². The van der Waals surface area contributed by atoms with Crippen LogP contribution in [0.25, 0.3) is 0 Å². The zero-order chi connectivity index (χ0) is 12.1. The van der Waals surface area contributed by atoms with Crippen LogP contribution in [0, 0.1) is 5.92 Å². The highest BCUT2D eigenvalue weighted by atomic mass is 16.5. The molecular formula is C13H19NO2. The third-order valence-corrected chi connectivity index (χ3v) is 2.71. The number of nitrogens with one attached hydrogen (secondary N) is 1.